The zero-order valence-corrected chi connectivity index (χ0v) is 69.0. The quantitative estimate of drug-likeness (QED) is 0.137. The molecule has 16 rings (SSSR count). The second kappa shape index (κ2) is 35.3. The van der Waals surface area contributed by atoms with E-state index in [1.165, 1.54) is 89.0 Å². The number of hydrogen-bond donors (Lipinski definition) is 0. The number of pyridine rings is 8. The maximum atomic E-state index is 5.80. The van der Waals surface area contributed by atoms with Gasteiger partial charge in [0.25, 0.3) is 0 Å². The van der Waals surface area contributed by atoms with E-state index >= 15 is 0 Å². The van der Waals surface area contributed by atoms with Gasteiger partial charge in [-0.3, -0.25) is 0 Å². The average molecular weight is 1480 g/mol. The Labute approximate surface area is 639 Å². The molecule has 25 heteroatoms. The summed E-state index contributed by atoms with van der Waals surface area (Å²) in [5.74, 6) is 5.06. The smallest absolute Gasteiger partial charge is 0.243 e. The van der Waals surface area contributed by atoms with Crippen molar-refractivity contribution in [3.8, 4) is 0 Å². The first-order valence-electron chi connectivity index (χ1n) is 37.3. The molecule has 16 heterocycles. The number of aryl methyl sites for hydroxylation is 9. The lowest BCUT2D eigenvalue weighted by molar-refractivity contribution is 0.794. The molecule has 0 saturated heterocycles. The van der Waals surface area contributed by atoms with Gasteiger partial charge < -0.3 is 4.40 Å². The molecule has 16 aromatic rings. The van der Waals surface area contributed by atoms with Crippen molar-refractivity contribution in [2.45, 2.75) is 234 Å². The predicted octanol–water partition coefficient (Wildman–Crippen LogP) is 18.9. The first-order valence-corrected chi connectivity index (χ1v) is 37.6. The first kappa shape index (κ1) is 81.3. The molecule has 0 aromatic carbocycles. The minimum Gasteiger partial charge on any atom is -0.307 e. The normalized spacial score (nSPS) is 11.4. The lowest BCUT2D eigenvalue weighted by atomic mass is 9.97. The van der Waals surface area contributed by atoms with Crippen LogP contribution in [0.1, 0.15) is 264 Å². The van der Waals surface area contributed by atoms with E-state index in [-0.39, 0.29) is 0 Å². The minimum atomic E-state index is 0.304. The van der Waals surface area contributed by atoms with Gasteiger partial charge in [0.2, 0.25) is 5.28 Å². The van der Waals surface area contributed by atoms with Crippen LogP contribution in [-0.2, 0) is 0 Å². The van der Waals surface area contributed by atoms with Gasteiger partial charge in [0.15, 0.2) is 39.5 Å². The maximum Gasteiger partial charge on any atom is 0.243 e. The second-order valence-electron chi connectivity index (χ2n) is 30.4. The summed E-state index contributed by atoms with van der Waals surface area (Å²) in [7, 11) is 0. The highest BCUT2D eigenvalue weighted by atomic mass is 35.5. The summed E-state index contributed by atoms with van der Waals surface area (Å²) >= 11 is 5.80. The van der Waals surface area contributed by atoms with Crippen molar-refractivity contribution in [2.75, 3.05) is 0 Å². The van der Waals surface area contributed by atoms with Crippen LogP contribution in [0.5, 0.6) is 0 Å². The van der Waals surface area contributed by atoms with Crippen LogP contribution in [0.15, 0.2) is 124 Å². The molecule has 568 valence electrons. The molecule has 0 radical (unpaired) electrons. The largest absolute Gasteiger partial charge is 0.307 e. The van der Waals surface area contributed by atoms with E-state index in [2.05, 4.69) is 313 Å². The minimum absolute atomic E-state index is 0.304. The highest BCUT2D eigenvalue weighted by Crippen LogP contribution is 2.28. The van der Waals surface area contributed by atoms with Crippen LogP contribution in [0.25, 0.3) is 45.2 Å². The number of tetrazole rings is 1. The predicted molar refractivity (Wildman–Crippen MR) is 434 cm³/mol. The number of aromatic nitrogens is 24. The van der Waals surface area contributed by atoms with Gasteiger partial charge in [-0.1, -0.05) is 147 Å². The SMILES string of the molecule is Cc1c(C(C)C)cn2nc(Cl)nc2c1C.Cc1c(C(C)C)cn2ncnc2c1C.Cc1cc(C(C)C)cn2ccnc12.Cc1cc(C(C)C)cn2ncnc12.Cc1cc(C(C)C)cn2ncnc12.Cc1cc(C(C)C)cn2ncnc12.Cc1cc(C(C)C)cn2nnnc12.Cc1nc2c(C)cc(C(C)C)cn2n1. The van der Waals surface area contributed by atoms with Gasteiger partial charge in [-0.2, -0.15) is 30.5 Å². The zero-order chi connectivity index (χ0) is 78.9. The van der Waals surface area contributed by atoms with Crippen LogP contribution in [-0.4, -0.2) is 117 Å². The third-order valence-electron chi connectivity index (χ3n) is 19.3. The summed E-state index contributed by atoms with van der Waals surface area (Å²) in [4.78, 5) is 29.6. The number of halogens is 1. The van der Waals surface area contributed by atoms with Crippen LogP contribution in [0.3, 0.4) is 0 Å². The van der Waals surface area contributed by atoms with Gasteiger partial charge in [-0.25, -0.2) is 61.5 Å². The maximum absolute atomic E-state index is 5.80. The van der Waals surface area contributed by atoms with Gasteiger partial charge >= 0.3 is 0 Å². The van der Waals surface area contributed by atoms with Crippen molar-refractivity contribution >= 4 is 56.8 Å². The lowest BCUT2D eigenvalue weighted by Gasteiger charge is -2.12. The topological polar surface area (TPSA) is 242 Å². The number of fused-ring (bicyclic) bond motifs is 8. The van der Waals surface area contributed by atoms with Crippen LogP contribution >= 0.6 is 11.6 Å². The molecule has 16 aromatic heterocycles. The Hall–Kier alpha value is -10.8. The average Bonchev–Trinajstić information content (AvgIpc) is 1.59. The van der Waals surface area contributed by atoms with Crippen LogP contribution < -0.4 is 0 Å². The molecule has 0 unspecified atom stereocenters. The molecular formula is C83H109ClN24. The fourth-order valence-electron chi connectivity index (χ4n) is 12.5. The van der Waals surface area contributed by atoms with Crippen molar-refractivity contribution in [3.63, 3.8) is 0 Å². The van der Waals surface area contributed by atoms with E-state index in [1.807, 2.05) is 79.8 Å². The monoisotopic (exact) mass is 1480 g/mol. The number of hydrogen-bond acceptors (Lipinski definition) is 16. The first-order chi connectivity index (χ1) is 51.1. The summed E-state index contributed by atoms with van der Waals surface area (Å²) < 4.78 is 14.8. The Morgan fingerprint density at radius 3 is 1.05 bits per heavy atom. The highest BCUT2D eigenvalue weighted by molar-refractivity contribution is 6.28. The number of rotatable bonds is 8. The van der Waals surface area contributed by atoms with Crippen molar-refractivity contribution < 1.29 is 0 Å². The molecule has 0 atom stereocenters. The van der Waals surface area contributed by atoms with Crippen LogP contribution in [0, 0.1) is 76.2 Å². The number of nitrogens with zero attached hydrogens (tertiary/aromatic N) is 24. The van der Waals surface area contributed by atoms with Crippen molar-refractivity contribution in [2.24, 2.45) is 0 Å². The molecule has 108 heavy (non-hydrogen) atoms. The summed E-state index contributed by atoms with van der Waals surface area (Å²) in [6, 6.07) is 13.1. The third kappa shape index (κ3) is 19.3. The fourth-order valence-corrected chi connectivity index (χ4v) is 12.6. The molecule has 0 bridgehead atoms. The molecule has 0 spiro atoms. The Morgan fingerprint density at radius 2 is 0.630 bits per heavy atom. The van der Waals surface area contributed by atoms with Crippen molar-refractivity contribution in [3.05, 3.63) is 235 Å². The molecule has 0 N–H and O–H groups in total. The Kier molecular flexibility index (Phi) is 26.6. The molecule has 24 nitrogen and oxygen atoms in total. The second-order valence-corrected chi connectivity index (χ2v) is 30.8. The fraction of sp³-hybridized carbons (Fsp3) is 0.422. The van der Waals surface area contributed by atoms with E-state index in [4.69, 9.17) is 11.6 Å². The van der Waals surface area contributed by atoms with E-state index in [0.29, 0.717) is 52.6 Å². The molecule has 0 amide bonds. The third-order valence-corrected chi connectivity index (χ3v) is 19.4. The summed E-state index contributed by atoms with van der Waals surface area (Å²) in [5, 5.41) is 36.7. The van der Waals surface area contributed by atoms with E-state index in [9.17, 15) is 0 Å². The highest BCUT2D eigenvalue weighted by Gasteiger charge is 2.16. The lowest BCUT2D eigenvalue weighted by Crippen LogP contribution is -2.01. The van der Waals surface area contributed by atoms with Crippen molar-refractivity contribution in [1.82, 2.24) is 117 Å². The summed E-state index contributed by atoms with van der Waals surface area (Å²) in [6.07, 6.45) is 26.6. The van der Waals surface area contributed by atoms with E-state index < -0.39 is 0 Å². The molecule has 0 aliphatic carbocycles. The number of imidazole rings is 1. The molecule has 0 aliphatic rings. The zero-order valence-electron chi connectivity index (χ0n) is 68.3. The van der Waals surface area contributed by atoms with E-state index in [0.717, 1.165) is 62.1 Å². The van der Waals surface area contributed by atoms with Crippen LogP contribution in [0.2, 0.25) is 5.28 Å². The van der Waals surface area contributed by atoms with Gasteiger partial charge in [0, 0.05) is 62.0 Å². The van der Waals surface area contributed by atoms with Gasteiger partial charge in [-0.15, -0.1) is 10.2 Å². The molecular weight excluding hydrogens is 1370 g/mol. The van der Waals surface area contributed by atoms with Gasteiger partial charge in [0.05, 0.1) is 0 Å². The Bertz CT molecular complexity index is 5200. The molecule has 0 fully saturated rings. The molecule has 0 aliphatic heterocycles. The Balaban J connectivity index is 0.000000142. The molecule has 0 saturated carbocycles. The summed E-state index contributed by atoms with van der Waals surface area (Å²) in [5.41, 5.74) is 30.1. The van der Waals surface area contributed by atoms with E-state index in [1.54, 1.807) is 34.3 Å². The standard InChI is InChI=1S/C11H14ClN3.2C11H15N3.C11H14N2.3C10H13N3.C9H12N4/c1-6(2)9-5-15-10(8(4)7(9)3)13-11(12)14-15;1-7(2)10-5-14-11(12-6-13-14)9(4)8(10)3;1-7(2)10-5-8(3)11-12-9(4)13-14(11)6-10;1-8(2)10-6-9(3)11-12-4-5-13(11)7-10;3*1-7(2)9-4-8(3)10-11-6-12-13(10)5-9;1-6(2)8-4-7(3)9-10-11-12-13(9)5-8/h5-6H,1-4H3;2*5-7H,1-4H3;4-8H,1-3H3;3*4-7H,1-3H3;4-6H,1-3H3. The summed E-state index contributed by atoms with van der Waals surface area (Å²) in [6.45, 7) is 57.7. The van der Waals surface area contributed by atoms with Crippen LogP contribution in [0.4, 0.5) is 0 Å². The van der Waals surface area contributed by atoms with Gasteiger partial charge in [-0.05, 0) is 246 Å². The van der Waals surface area contributed by atoms with Gasteiger partial charge in [0.1, 0.15) is 36.8 Å². The van der Waals surface area contributed by atoms with Crippen molar-refractivity contribution in [1.29, 1.82) is 0 Å². The Morgan fingerprint density at radius 1 is 0.296 bits per heavy atom.